The van der Waals surface area contributed by atoms with Crippen LogP contribution < -0.4 is 0 Å². The standard InChI is InChI=1S/C6H9BrO2/c1-2-3-4-5-9-6(7)8/h4-5H,2-3H2,1H3. The van der Waals surface area contributed by atoms with Crippen molar-refractivity contribution in [1.82, 2.24) is 0 Å². The molecule has 0 rings (SSSR count). The Kier molecular flexibility index (Phi) is 5.62. The molecule has 0 radical (unpaired) electrons. The highest BCUT2D eigenvalue weighted by molar-refractivity contribution is 9.18. The van der Waals surface area contributed by atoms with Crippen molar-refractivity contribution in [3.63, 3.8) is 0 Å². The molecular formula is C6H9BrO2. The maximum atomic E-state index is 10.1. The normalized spacial score (nSPS) is 10.0. The van der Waals surface area contributed by atoms with E-state index in [1.165, 1.54) is 6.26 Å². The first-order valence-electron chi connectivity index (χ1n) is 2.78. The summed E-state index contributed by atoms with van der Waals surface area (Å²) < 4.78 is 4.44. The molecule has 9 heavy (non-hydrogen) atoms. The Bertz CT molecular complexity index is 110. The van der Waals surface area contributed by atoms with Gasteiger partial charge in [-0.15, -0.1) is 0 Å². The van der Waals surface area contributed by atoms with E-state index in [4.69, 9.17) is 0 Å². The molecule has 0 heterocycles. The summed E-state index contributed by atoms with van der Waals surface area (Å²) in [6, 6.07) is 0. The van der Waals surface area contributed by atoms with Gasteiger partial charge in [0.15, 0.2) is 0 Å². The summed E-state index contributed by atoms with van der Waals surface area (Å²) in [7, 11) is 0. The molecule has 0 aromatic carbocycles. The smallest absolute Gasteiger partial charge is 0.379 e. The summed E-state index contributed by atoms with van der Waals surface area (Å²) in [6.07, 6.45) is 5.20. The molecule has 0 amide bonds. The van der Waals surface area contributed by atoms with Gasteiger partial charge in [0.25, 0.3) is 0 Å². The molecule has 52 valence electrons. The lowest BCUT2D eigenvalue weighted by atomic mass is 10.3. The van der Waals surface area contributed by atoms with Gasteiger partial charge in [0.1, 0.15) is 0 Å². The zero-order chi connectivity index (χ0) is 7.11. The number of halogens is 1. The van der Waals surface area contributed by atoms with Crippen LogP contribution in [0.25, 0.3) is 0 Å². The first-order valence-corrected chi connectivity index (χ1v) is 3.57. The molecule has 0 fully saturated rings. The van der Waals surface area contributed by atoms with Gasteiger partial charge >= 0.3 is 4.88 Å². The Hall–Kier alpha value is -0.310. The van der Waals surface area contributed by atoms with Crippen LogP contribution in [0.3, 0.4) is 0 Å². The SMILES string of the molecule is CCCC=COC(=O)Br. The molecule has 0 aromatic heterocycles. The number of rotatable bonds is 3. The number of unbranched alkanes of at least 4 members (excludes halogenated alkanes) is 1. The van der Waals surface area contributed by atoms with Gasteiger partial charge in [-0.2, -0.15) is 0 Å². The van der Waals surface area contributed by atoms with Crippen molar-refractivity contribution in [3.8, 4) is 0 Å². The molecule has 0 atom stereocenters. The molecule has 0 aliphatic heterocycles. The molecular weight excluding hydrogens is 184 g/mol. The van der Waals surface area contributed by atoms with Crippen molar-refractivity contribution in [3.05, 3.63) is 12.3 Å². The first kappa shape index (κ1) is 8.69. The van der Waals surface area contributed by atoms with Crippen molar-refractivity contribution in [2.45, 2.75) is 19.8 Å². The van der Waals surface area contributed by atoms with Gasteiger partial charge in [-0.25, -0.2) is 4.79 Å². The minimum Gasteiger partial charge on any atom is -0.426 e. The van der Waals surface area contributed by atoms with Gasteiger partial charge in [0.2, 0.25) is 0 Å². The lowest BCUT2D eigenvalue weighted by molar-refractivity contribution is 0.215. The fourth-order valence-corrected chi connectivity index (χ4v) is 0.444. The Balaban J connectivity index is 3.14. The van der Waals surface area contributed by atoms with E-state index in [1.807, 2.05) is 0 Å². The van der Waals surface area contributed by atoms with Crippen molar-refractivity contribution in [2.75, 3.05) is 0 Å². The maximum Gasteiger partial charge on any atom is 0.379 e. The summed E-state index contributed by atoms with van der Waals surface area (Å²) in [5.74, 6) is 0. The van der Waals surface area contributed by atoms with E-state index >= 15 is 0 Å². The minimum absolute atomic E-state index is 0.449. The van der Waals surface area contributed by atoms with Gasteiger partial charge < -0.3 is 4.74 Å². The van der Waals surface area contributed by atoms with Crippen molar-refractivity contribution in [1.29, 1.82) is 0 Å². The van der Waals surface area contributed by atoms with Crippen LogP contribution in [0.4, 0.5) is 4.79 Å². The predicted octanol–water partition coefficient (Wildman–Crippen LogP) is 2.83. The summed E-state index contributed by atoms with van der Waals surface area (Å²) in [6.45, 7) is 2.06. The van der Waals surface area contributed by atoms with Gasteiger partial charge in [-0.3, -0.25) is 0 Å². The zero-order valence-electron chi connectivity index (χ0n) is 5.26. The van der Waals surface area contributed by atoms with Crippen LogP contribution in [0.2, 0.25) is 0 Å². The lowest BCUT2D eigenvalue weighted by Gasteiger charge is -1.86. The lowest BCUT2D eigenvalue weighted by Crippen LogP contribution is -1.80. The van der Waals surface area contributed by atoms with Crippen LogP contribution in [0.15, 0.2) is 12.3 Å². The van der Waals surface area contributed by atoms with Gasteiger partial charge in [0.05, 0.1) is 6.26 Å². The second kappa shape index (κ2) is 5.82. The molecule has 0 N–H and O–H groups in total. The second-order valence-electron chi connectivity index (χ2n) is 1.52. The molecule has 0 saturated carbocycles. The van der Waals surface area contributed by atoms with Crippen LogP contribution in [0, 0.1) is 0 Å². The Morgan fingerprint density at radius 3 is 2.89 bits per heavy atom. The Labute approximate surface area is 63.0 Å². The number of ether oxygens (including phenoxy) is 1. The highest BCUT2D eigenvalue weighted by Gasteiger charge is 1.85. The van der Waals surface area contributed by atoms with Crippen molar-refractivity contribution in [2.24, 2.45) is 0 Å². The molecule has 0 spiro atoms. The summed E-state index contributed by atoms with van der Waals surface area (Å²) in [5, 5.41) is 0. The fourth-order valence-electron chi connectivity index (χ4n) is 0.336. The third kappa shape index (κ3) is 7.69. The number of carbonyl (C=O) groups is 1. The Morgan fingerprint density at radius 2 is 2.44 bits per heavy atom. The molecule has 0 aromatic rings. The highest BCUT2D eigenvalue weighted by Crippen LogP contribution is 1.93. The van der Waals surface area contributed by atoms with Crippen LogP contribution >= 0.6 is 15.9 Å². The Morgan fingerprint density at radius 1 is 1.78 bits per heavy atom. The first-order chi connectivity index (χ1) is 4.27. The third-order valence-electron chi connectivity index (χ3n) is 0.712. The predicted molar refractivity (Wildman–Crippen MR) is 39.5 cm³/mol. The molecule has 0 aliphatic rings. The molecule has 2 nitrogen and oxygen atoms in total. The summed E-state index contributed by atoms with van der Waals surface area (Å²) in [5.41, 5.74) is 0. The van der Waals surface area contributed by atoms with E-state index in [1.54, 1.807) is 6.08 Å². The van der Waals surface area contributed by atoms with Crippen LogP contribution in [0.5, 0.6) is 0 Å². The van der Waals surface area contributed by atoms with E-state index in [9.17, 15) is 4.79 Å². The monoisotopic (exact) mass is 192 g/mol. The average molecular weight is 193 g/mol. The van der Waals surface area contributed by atoms with E-state index in [0.717, 1.165) is 12.8 Å². The van der Waals surface area contributed by atoms with E-state index in [-0.39, 0.29) is 0 Å². The zero-order valence-corrected chi connectivity index (χ0v) is 6.85. The maximum absolute atomic E-state index is 10.1. The van der Waals surface area contributed by atoms with Crippen LogP contribution in [-0.2, 0) is 4.74 Å². The number of allylic oxidation sites excluding steroid dienone is 1. The van der Waals surface area contributed by atoms with Crippen LogP contribution in [0.1, 0.15) is 19.8 Å². The molecule has 0 bridgehead atoms. The topological polar surface area (TPSA) is 26.3 Å². The highest BCUT2D eigenvalue weighted by atomic mass is 79.9. The summed E-state index contributed by atoms with van der Waals surface area (Å²) in [4.78, 5) is 9.60. The largest absolute Gasteiger partial charge is 0.426 e. The quantitative estimate of drug-likeness (QED) is 0.508. The molecule has 0 saturated heterocycles. The van der Waals surface area contributed by atoms with Crippen molar-refractivity contribution >= 4 is 20.8 Å². The number of hydrogen-bond donors (Lipinski definition) is 0. The number of carbonyl (C=O) groups excluding carboxylic acids is 1. The third-order valence-corrected chi connectivity index (χ3v) is 0.899. The van der Waals surface area contributed by atoms with Gasteiger partial charge in [0, 0.05) is 15.9 Å². The summed E-state index contributed by atoms with van der Waals surface area (Å²) >= 11 is 2.61. The van der Waals surface area contributed by atoms with E-state index in [0.29, 0.717) is 0 Å². The molecule has 0 unspecified atom stereocenters. The molecule has 3 heteroatoms. The second-order valence-corrected chi connectivity index (χ2v) is 2.16. The van der Waals surface area contributed by atoms with Crippen molar-refractivity contribution < 1.29 is 9.53 Å². The van der Waals surface area contributed by atoms with E-state index < -0.39 is 4.88 Å². The fraction of sp³-hybridized carbons (Fsp3) is 0.500. The molecule has 0 aliphatic carbocycles. The average Bonchev–Trinajstić information content (AvgIpc) is 1.80. The van der Waals surface area contributed by atoms with E-state index in [2.05, 4.69) is 27.6 Å². The van der Waals surface area contributed by atoms with Gasteiger partial charge in [-0.05, 0) is 12.5 Å². The minimum atomic E-state index is -0.449. The van der Waals surface area contributed by atoms with Gasteiger partial charge in [-0.1, -0.05) is 13.3 Å². The van der Waals surface area contributed by atoms with Crippen LogP contribution in [-0.4, -0.2) is 4.88 Å². The number of hydrogen-bond acceptors (Lipinski definition) is 2.